The molecule has 0 fully saturated rings. The third-order valence-electron chi connectivity index (χ3n) is 2.06. The predicted octanol–water partition coefficient (Wildman–Crippen LogP) is 3.12. The summed E-state index contributed by atoms with van der Waals surface area (Å²) in [5, 5.41) is 0. The molecule has 0 aliphatic carbocycles. The maximum atomic E-state index is 13.5. The van der Waals surface area contributed by atoms with E-state index in [0.29, 0.717) is 5.56 Å². The molecule has 1 atom stereocenters. The van der Waals surface area contributed by atoms with E-state index in [0.717, 1.165) is 0 Å². The molecule has 1 nitrogen and oxygen atoms in total. The zero-order valence-corrected chi connectivity index (χ0v) is 7.88. The summed E-state index contributed by atoms with van der Waals surface area (Å²) in [4.78, 5) is 0. The van der Waals surface area contributed by atoms with Crippen molar-refractivity contribution in [2.24, 2.45) is 0 Å². The first-order valence-corrected chi connectivity index (χ1v) is 4.15. The van der Waals surface area contributed by atoms with Gasteiger partial charge in [-0.25, -0.2) is 4.39 Å². The summed E-state index contributed by atoms with van der Waals surface area (Å²) in [6.45, 7) is 5.52. The number of benzene rings is 1. The quantitative estimate of drug-likeness (QED) is 0.649. The second kappa shape index (κ2) is 4.08. The Balaban J connectivity index is 3.14. The Hall–Kier alpha value is -1.31. The molecule has 70 valence electrons. The highest BCUT2D eigenvalue weighted by molar-refractivity contribution is 5.34. The van der Waals surface area contributed by atoms with Gasteiger partial charge in [0.1, 0.15) is 0 Å². The van der Waals surface area contributed by atoms with Gasteiger partial charge in [-0.3, -0.25) is 0 Å². The zero-order valence-electron chi connectivity index (χ0n) is 7.88. The highest BCUT2D eigenvalue weighted by atomic mass is 19.1. The molecule has 0 aromatic heterocycles. The van der Waals surface area contributed by atoms with Crippen LogP contribution in [0, 0.1) is 5.82 Å². The molecule has 0 saturated carbocycles. The molecule has 1 aromatic carbocycles. The minimum atomic E-state index is -0.294. The number of ether oxygens (including phenoxy) is 1. The van der Waals surface area contributed by atoms with E-state index in [9.17, 15) is 4.39 Å². The van der Waals surface area contributed by atoms with Gasteiger partial charge in [-0.1, -0.05) is 25.1 Å². The fourth-order valence-electron chi connectivity index (χ4n) is 1.16. The molecule has 0 bridgehead atoms. The summed E-state index contributed by atoms with van der Waals surface area (Å²) in [5.74, 6) is -0.00120. The van der Waals surface area contributed by atoms with Crippen LogP contribution in [0.15, 0.2) is 30.9 Å². The summed E-state index contributed by atoms with van der Waals surface area (Å²) in [6.07, 6.45) is 1.71. The lowest BCUT2D eigenvalue weighted by molar-refractivity contribution is 0.383. The van der Waals surface area contributed by atoms with E-state index in [4.69, 9.17) is 4.74 Å². The van der Waals surface area contributed by atoms with E-state index in [-0.39, 0.29) is 17.5 Å². The van der Waals surface area contributed by atoms with Gasteiger partial charge in [0.25, 0.3) is 0 Å². The lowest BCUT2D eigenvalue weighted by Crippen LogP contribution is -1.96. The molecular weight excluding hydrogens is 167 g/mol. The number of allylic oxidation sites excluding steroid dienone is 1. The molecule has 0 amide bonds. The molecule has 1 aromatic rings. The van der Waals surface area contributed by atoms with Crippen molar-refractivity contribution in [1.82, 2.24) is 0 Å². The van der Waals surface area contributed by atoms with Crippen LogP contribution >= 0.6 is 0 Å². The van der Waals surface area contributed by atoms with Crippen molar-refractivity contribution >= 4 is 0 Å². The maximum absolute atomic E-state index is 13.5. The summed E-state index contributed by atoms with van der Waals surface area (Å²) < 4.78 is 18.4. The summed E-state index contributed by atoms with van der Waals surface area (Å²) in [7, 11) is 1.46. The molecule has 0 aliphatic heterocycles. The van der Waals surface area contributed by atoms with Crippen molar-refractivity contribution in [2.45, 2.75) is 12.8 Å². The van der Waals surface area contributed by atoms with E-state index < -0.39 is 0 Å². The van der Waals surface area contributed by atoms with Crippen molar-refractivity contribution < 1.29 is 9.13 Å². The van der Waals surface area contributed by atoms with Gasteiger partial charge in [-0.15, -0.1) is 6.58 Å². The zero-order chi connectivity index (χ0) is 9.84. The topological polar surface area (TPSA) is 9.23 Å². The van der Waals surface area contributed by atoms with Crippen LogP contribution in [0.2, 0.25) is 0 Å². The number of rotatable bonds is 3. The predicted molar refractivity (Wildman–Crippen MR) is 51.6 cm³/mol. The Morgan fingerprint density at radius 2 is 2.23 bits per heavy atom. The Morgan fingerprint density at radius 1 is 1.54 bits per heavy atom. The van der Waals surface area contributed by atoms with Gasteiger partial charge in [-0.2, -0.15) is 0 Å². The average Bonchev–Trinajstić information content (AvgIpc) is 2.17. The van der Waals surface area contributed by atoms with Crippen LogP contribution in [0.4, 0.5) is 4.39 Å². The lowest BCUT2D eigenvalue weighted by Gasteiger charge is -2.10. The van der Waals surface area contributed by atoms with Crippen molar-refractivity contribution in [3.63, 3.8) is 0 Å². The summed E-state index contributed by atoms with van der Waals surface area (Å²) in [5.41, 5.74) is 0.620. The largest absolute Gasteiger partial charge is 0.494 e. The highest BCUT2D eigenvalue weighted by Gasteiger charge is 2.11. The molecule has 0 radical (unpaired) electrons. The second-order valence-electron chi connectivity index (χ2n) is 2.89. The van der Waals surface area contributed by atoms with E-state index in [1.54, 1.807) is 24.3 Å². The first kappa shape index (κ1) is 9.78. The SMILES string of the molecule is C=CC(C)c1cccc(OC)c1F. The lowest BCUT2D eigenvalue weighted by atomic mass is 10.0. The summed E-state index contributed by atoms with van der Waals surface area (Å²) >= 11 is 0. The molecule has 0 heterocycles. The van der Waals surface area contributed by atoms with Gasteiger partial charge < -0.3 is 4.74 Å². The van der Waals surface area contributed by atoms with Crippen LogP contribution < -0.4 is 4.74 Å². The van der Waals surface area contributed by atoms with Crippen LogP contribution in [0.1, 0.15) is 18.4 Å². The molecular formula is C11H13FO. The van der Waals surface area contributed by atoms with Crippen molar-refractivity contribution in [3.05, 3.63) is 42.2 Å². The number of methoxy groups -OCH3 is 1. The van der Waals surface area contributed by atoms with Gasteiger partial charge in [0.15, 0.2) is 11.6 Å². The van der Waals surface area contributed by atoms with Gasteiger partial charge in [0.2, 0.25) is 0 Å². The minimum Gasteiger partial charge on any atom is -0.494 e. The Labute approximate surface area is 77.8 Å². The van der Waals surface area contributed by atoms with Gasteiger partial charge >= 0.3 is 0 Å². The maximum Gasteiger partial charge on any atom is 0.168 e. The number of halogens is 1. The second-order valence-corrected chi connectivity index (χ2v) is 2.89. The standard InChI is InChI=1S/C11H13FO/c1-4-8(2)9-6-5-7-10(13-3)11(9)12/h4-8H,1H2,2-3H3. The molecule has 0 aliphatic rings. The van der Waals surface area contributed by atoms with Gasteiger partial charge in [0.05, 0.1) is 7.11 Å². The average molecular weight is 180 g/mol. The Morgan fingerprint density at radius 3 is 2.77 bits per heavy atom. The normalized spacial score (nSPS) is 12.2. The first-order chi connectivity index (χ1) is 6.20. The van der Waals surface area contributed by atoms with Crippen molar-refractivity contribution in [2.75, 3.05) is 7.11 Å². The van der Waals surface area contributed by atoms with Crippen molar-refractivity contribution in [1.29, 1.82) is 0 Å². The Bertz CT molecular complexity index is 307. The minimum absolute atomic E-state index is 0.00935. The Kier molecular flexibility index (Phi) is 3.07. The van der Waals surface area contributed by atoms with E-state index in [2.05, 4.69) is 6.58 Å². The molecule has 0 N–H and O–H groups in total. The van der Waals surface area contributed by atoms with Crippen LogP contribution in [0.25, 0.3) is 0 Å². The van der Waals surface area contributed by atoms with E-state index in [1.165, 1.54) is 7.11 Å². The van der Waals surface area contributed by atoms with E-state index >= 15 is 0 Å². The molecule has 2 heteroatoms. The molecule has 1 rings (SSSR count). The molecule has 0 spiro atoms. The fraction of sp³-hybridized carbons (Fsp3) is 0.273. The molecule has 0 saturated heterocycles. The van der Waals surface area contributed by atoms with E-state index in [1.807, 2.05) is 6.92 Å². The highest BCUT2D eigenvalue weighted by Crippen LogP contribution is 2.26. The third kappa shape index (κ3) is 1.89. The fourth-order valence-corrected chi connectivity index (χ4v) is 1.16. The van der Waals surface area contributed by atoms with Crippen LogP contribution in [-0.2, 0) is 0 Å². The first-order valence-electron chi connectivity index (χ1n) is 4.15. The number of hydrogen-bond donors (Lipinski definition) is 0. The van der Waals surface area contributed by atoms with Crippen LogP contribution in [0.5, 0.6) is 5.75 Å². The van der Waals surface area contributed by atoms with Gasteiger partial charge in [-0.05, 0) is 11.6 Å². The smallest absolute Gasteiger partial charge is 0.168 e. The number of hydrogen-bond acceptors (Lipinski definition) is 1. The third-order valence-corrected chi connectivity index (χ3v) is 2.06. The van der Waals surface area contributed by atoms with Crippen LogP contribution in [-0.4, -0.2) is 7.11 Å². The summed E-state index contributed by atoms with van der Waals surface area (Å²) in [6, 6.07) is 5.12. The monoisotopic (exact) mass is 180 g/mol. The molecule has 13 heavy (non-hydrogen) atoms. The van der Waals surface area contributed by atoms with Crippen LogP contribution in [0.3, 0.4) is 0 Å². The van der Waals surface area contributed by atoms with Gasteiger partial charge in [0, 0.05) is 5.92 Å². The van der Waals surface area contributed by atoms with Crippen molar-refractivity contribution in [3.8, 4) is 5.75 Å². The molecule has 1 unspecified atom stereocenters.